The number of aryl methyl sites for hydroxylation is 3. The van der Waals surface area contributed by atoms with E-state index in [0.717, 1.165) is 35.2 Å². The molecular formula is C24H19NO3. The SMILES string of the molecule is Cc1cccc(-c2ccc3[nH]c4c(c3c2)CCc2cc(C(=O)O)c(O)cc2-4)c1. The summed E-state index contributed by atoms with van der Waals surface area (Å²) in [7, 11) is 0. The van der Waals surface area contributed by atoms with Crippen LogP contribution >= 0.6 is 0 Å². The van der Waals surface area contributed by atoms with E-state index in [4.69, 9.17) is 0 Å². The number of hydrogen-bond donors (Lipinski definition) is 3. The van der Waals surface area contributed by atoms with Gasteiger partial charge in [-0.25, -0.2) is 4.79 Å². The number of aromatic hydroxyl groups is 1. The molecule has 0 spiro atoms. The topological polar surface area (TPSA) is 73.3 Å². The van der Waals surface area contributed by atoms with Crippen LogP contribution in [-0.2, 0) is 12.8 Å². The van der Waals surface area contributed by atoms with Crippen molar-refractivity contribution in [3.63, 3.8) is 0 Å². The maximum atomic E-state index is 11.3. The monoisotopic (exact) mass is 369 g/mol. The molecule has 0 saturated heterocycles. The lowest BCUT2D eigenvalue weighted by Gasteiger charge is -2.18. The van der Waals surface area contributed by atoms with Crippen LogP contribution in [0.1, 0.15) is 27.0 Å². The van der Waals surface area contributed by atoms with Gasteiger partial charge in [-0.05, 0) is 66.3 Å². The molecule has 0 saturated carbocycles. The number of carboxylic acids is 1. The second kappa shape index (κ2) is 5.99. The van der Waals surface area contributed by atoms with Gasteiger partial charge < -0.3 is 15.2 Å². The van der Waals surface area contributed by atoms with Gasteiger partial charge in [0.15, 0.2) is 0 Å². The first-order valence-corrected chi connectivity index (χ1v) is 9.32. The summed E-state index contributed by atoms with van der Waals surface area (Å²) < 4.78 is 0. The van der Waals surface area contributed by atoms with E-state index in [1.165, 1.54) is 27.6 Å². The van der Waals surface area contributed by atoms with Crippen molar-refractivity contribution >= 4 is 16.9 Å². The summed E-state index contributed by atoms with van der Waals surface area (Å²) in [5.74, 6) is -1.30. The van der Waals surface area contributed by atoms with Crippen molar-refractivity contribution in [1.29, 1.82) is 0 Å². The molecule has 1 aliphatic carbocycles. The average Bonchev–Trinajstić information content (AvgIpc) is 3.05. The van der Waals surface area contributed by atoms with Crippen molar-refractivity contribution in [3.05, 3.63) is 76.9 Å². The predicted octanol–water partition coefficient (Wildman–Crippen LogP) is 5.31. The van der Waals surface area contributed by atoms with E-state index in [1.54, 1.807) is 12.1 Å². The van der Waals surface area contributed by atoms with Crippen LogP contribution in [0.15, 0.2) is 54.6 Å². The third-order valence-corrected chi connectivity index (χ3v) is 5.62. The molecule has 4 aromatic rings. The van der Waals surface area contributed by atoms with Crippen molar-refractivity contribution in [2.45, 2.75) is 19.8 Å². The highest BCUT2D eigenvalue weighted by molar-refractivity contribution is 5.97. The van der Waals surface area contributed by atoms with E-state index in [2.05, 4.69) is 54.4 Å². The summed E-state index contributed by atoms with van der Waals surface area (Å²) in [6.45, 7) is 2.09. The van der Waals surface area contributed by atoms with E-state index in [0.29, 0.717) is 0 Å². The van der Waals surface area contributed by atoms with Gasteiger partial charge in [-0.2, -0.15) is 0 Å². The Hall–Kier alpha value is -3.53. The number of aromatic nitrogens is 1. The van der Waals surface area contributed by atoms with E-state index in [1.807, 2.05) is 0 Å². The van der Waals surface area contributed by atoms with Crippen molar-refractivity contribution in [1.82, 2.24) is 4.98 Å². The van der Waals surface area contributed by atoms with E-state index < -0.39 is 5.97 Å². The molecule has 5 rings (SSSR count). The number of aromatic amines is 1. The van der Waals surface area contributed by atoms with Crippen molar-refractivity contribution < 1.29 is 15.0 Å². The molecule has 0 atom stereocenters. The van der Waals surface area contributed by atoms with E-state index in [9.17, 15) is 15.0 Å². The van der Waals surface area contributed by atoms with Crippen LogP contribution in [0.2, 0.25) is 0 Å². The molecule has 0 unspecified atom stereocenters. The van der Waals surface area contributed by atoms with Gasteiger partial charge in [0.05, 0.1) is 5.69 Å². The van der Waals surface area contributed by atoms with Crippen LogP contribution < -0.4 is 0 Å². The van der Waals surface area contributed by atoms with Crippen LogP contribution in [0.25, 0.3) is 33.3 Å². The van der Waals surface area contributed by atoms with Gasteiger partial charge in [0.25, 0.3) is 0 Å². The maximum Gasteiger partial charge on any atom is 0.339 e. The zero-order chi connectivity index (χ0) is 19.4. The molecule has 138 valence electrons. The lowest BCUT2D eigenvalue weighted by Crippen LogP contribution is -2.06. The van der Waals surface area contributed by atoms with Crippen molar-refractivity contribution in [3.8, 4) is 28.1 Å². The Labute approximate surface area is 162 Å². The number of aromatic carboxylic acids is 1. The molecule has 4 heteroatoms. The molecule has 0 amide bonds. The highest BCUT2D eigenvalue weighted by atomic mass is 16.4. The number of fused-ring (bicyclic) bond motifs is 5. The van der Waals surface area contributed by atoms with Crippen molar-refractivity contribution in [2.75, 3.05) is 0 Å². The maximum absolute atomic E-state index is 11.3. The van der Waals surface area contributed by atoms with E-state index in [-0.39, 0.29) is 11.3 Å². The summed E-state index contributed by atoms with van der Waals surface area (Å²) in [6.07, 6.45) is 1.59. The first-order chi connectivity index (χ1) is 13.5. The van der Waals surface area contributed by atoms with Gasteiger partial charge in [0.2, 0.25) is 0 Å². The number of nitrogens with one attached hydrogen (secondary N) is 1. The summed E-state index contributed by atoms with van der Waals surface area (Å²) in [4.78, 5) is 14.8. The Bertz CT molecular complexity index is 1270. The standard InChI is InChI=1S/C24H19NO3/c1-13-3-2-4-14(9-13)15-6-8-21-19(10-15)17-7-5-16-11-20(24(27)28)22(26)12-18(16)23(17)25-21/h2-4,6,8-12,25-26H,5,7H2,1H3,(H,27,28). The Kier molecular flexibility index (Phi) is 3.56. The number of rotatable bonds is 2. The molecule has 0 fully saturated rings. The minimum atomic E-state index is -1.11. The number of benzene rings is 3. The molecule has 0 bridgehead atoms. The van der Waals surface area contributed by atoms with Crippen LogP contribution in [0.4, 0.5) is 0 Å². The number of hydrogen-bond acceptors (Lipinski definition) is 2. The third-order valence-electron chi connectivity index (χ3n) is 5.62. The molecule has 1 aliphatic rings. The fourth-order valence-corrected chi connectivity index (χ4v) is 4.25. The van der Waals surface area contributed by atoms with Gasteiger partial charge in [-0.3, -0.25) is 0 Å². The Balaban J connectivity index is 1.69. The Morgan fingerprint density at radius 3 is 2.61 bits per heavy atom. The van der Waals surface area contributed by atoms with Gasteiger partial charge >= 0.3 is 5.97 Å². The molecule has 4 nitrogen and oxygen atoms in total. The second-order valence-electron chi connectivity index (χ2n) is 7.44. The minimum absolute atomic E-state index is 0.0416. The predicted molar refractivity (Wildman–Crippen MR) is 110 cm³/mol. The minimum Gasteiger partial charge on any atom is -0.507 e. The summed E-state index contributed by atoms with van der Waals surface area (Å²) >= 11 is 0. The van der Waals surface area contributed by atoms with Gasteiger partial charge in [-0.15, -0.1) is 0 Å². The zero-order valence-corrected chi connectivity index (χ0v) is 15.4. The van der Waals surface area contributed by atoms with Crippen LogP contribution in [-0.4, -0.2) is 21.2 Å². The fraction of sp³-hybridized carbons (Fsp3) is 0.125. The molecule has 0 radical (unpaired) electrons. The average molecular weight is 369 g/mol. The number of carbonyl (C=O) groups is 1. The largest absolute Gasteiger partial charge is 0.507 e. The normalized spacial score (nSPS) is 12.6. The summed E-state index contributed by atoms with van der Waals surface area (Å²) in [6, 6.07) is 18.1. The van der Waals surface area contributed by atoms with Gasteiger partial charge in [0, 0.05) is 16.5 Å². The third kappa shape index (κ3) is 2.49. The Morgan fingerprint density at radius 2 is 1.82 bits per heavy atom. The number of phenols is 1. The summed E-state index contributed by atoms with van der Waals surface area (Å²) in [5, 5.41) is 20.6. The first kappa shape index (κ1) is 16.6. The van der Waals surface area contributed by atoms with Crippen LogP contribution in [0, 0.1) is 6.92 Å². The van der Waals surface area contributed by atoms with Gasteiger partial charge in [-0.1, -0.05) is 35.9 Å². The molecule has 3 aromatic carbocycles. The van der Waals surface area contributed by atoms with Crippen LogP contribution in [0.5, 0.6) is 5.75 Å². The van der Waals surface area contributed by atoms with E-state index >= 15 is 0 Å². The van der Waals surface area contributed by atoms with Crippen LogP contribution in [0.3, 0.4) is 0 Å². The fourth-order valence-electron chi connectivity index (χ4n) is 4.25. The molecule has 3 N–H and O–H groups in total. The number of carboxylic acid groups (broad SMARTS) is 1. The molecule has 0 aliphatic heterocycles. The number of H-pyrrole nitrogens is 1. The molecular weight excluding hydrogens is 350 g/mol. The highest BCUT2D eigenvalue weighted by Crippen LogP contribution is 2.41. The molecule has 28 heavy (non-hydrogen) atoms. The zero-order valence-electron chi connectivity index (χ0n) is 15.4. The van der Waals surface area contributed by atoms with Crippen molar-refractivity contribution in [2.24, 2.45) is 0 Å². The summed E-state index contributed by atoms with van der Waals surface area (Å²) in [5.41, 5.74) is 8.64. The highest BCUT2D eigenvalue weighted by Gasteiger charge is 2.24. The molecule has 1 heterocycles. The quantitative estimate of drug-likeness (QED) is 0.448. The van der Waals surface area contributed by atoms with Gasteiger partial charge in [0.1, 0.15) is 11.3 Å². The first-order valence-electron chi connectivity index (χ1n) is 9.32. The lowest BCUT2D eigenvalue weighted by atomic mass is 9.87. The smallest absolute Gasteiger partial charge is 0.339 e. The molecule has 1 aromatic heterocycles. The lowest BCUT2D eigenvalue weighted by molar-refractivity contribution is 0.0693. The Morgan fingerprint density at radius 1 is 1.00 bits per heavy atom. The second-order valence-corrected chi connectivity index (χ2v) is 7.44.